The topological polar surface area (TPSA) is 65.7 Å². The lowest BCUT2D eigenvalue weighted by Crippen LogP contribution is -2.49. The van der Waals surface area contributed by atoms with Crippen LogP contribution in [0.15, 0.2) is 60.7 Å². The van der Waals surface area contributed by atoms with Crippen LogP contribution in [0, 0.1) is 23.1 Å². The van der Waals surface area contributed by atoms with Gasteiger partial charge in [0.15, 0.2) is 0 Å². The first-order valence-electron chi connectivity index (χ1n) is 11.9. The first-order chi connectivity index (χ1) is 17.5. The van der Waals surface area contributed by atoms with Gasteiger partial charge in [0.1, 0.15) is 35.8 Å². The number of alkyl halides is 1. The highest BCUT2D eigenvalue weighted by molar-refractivity contribution is 5.95. The fourth-order valence-corrected chi connectivity index (χ4v) is 4.81. The van der Waals surface area contributed by atoms with Crippen molar-refractivity contribution in [2.45, 2.75) is 13.0 Å². The molecule has 1 saturated heterocycles. The number of nitriles is 1. The number of phenols is 1. The molecule has 3 aromatic rings. The molecule has 5 nitrogen and oxygen atoms in total. The third kappa shape index (κ3) is 4.65. The van der Waals surface area contributed by atoms with E-state index in [1.165, 1.54) is 6.07 Å². The number of rotatable bonds is 7. The number of allylic oxidation sites excluding steroid dienone is 1. The number of benzene rings is 3. The Balaban J connectivity index is 1.42. The number of hydrogen-bond donors (Lipinski definition) is 1. The molecule has 1 fully saturated rings. The molecule has 2 aliphatic rings. The van der Waals surface area contributed by atoms with Crippen molar-refractivity contribution in [2.24, 2.45) is 5.92 Å². The van der Waals surface area contributed by atoms with E-state index in [2.05, 4.69) is 4.90 Å². The minimum absolute atomic E-state index is 0.0924. The lowest BCUT2D eigenvalue weighted by molar-refractivity contribution is 0.0668. The standard InChI is InChI=1S/C29H26F2N2O3/c1-18-25-13-22(34)5-9-27(25)36-29(28(18)24-8-2-19(15-32)12-26(24)31)21-3-6-23(7-4-21)35-11-10-33-16-20(14-30)17-33/h2-9,12-13,20,29,34H,10-11,14,16-17H2,1H3/t29-/m1/s1. The minimum atomic E-state index is -0.600. The number of likely N-dealkylation sites (tertiary alicyclic amines) is 1. The number of aromatic hydroxyl groups is 1. The van der Waals surface area contributed by atoms with Gasteiger partial charge in [-0.25, -0.2) is 4.39 Å². The van der Waals surface area contributed by atoms with Gasteiger partial charge in [-0.1, -0.05) is 18.2 Å². The average molecular weight is 489 g/mol. The van der Waals surface area contributed by atoms with Crippen molar-refractivity contribution in [3.63, 3.8) is 0 Å². The first kappa shape index (κ1) is 23.8. The predicted octanol–water partition coefficient (Wildman–Crippen LogP) is 5.75. The summed E-state index contributed by atoms with van der Waals surface area (Å²) in [6.07, 6.45) is -0.600. The molecular formula is C29H26F2N2O3. The van der Waals surface area contributed by atoms with Crippen molar-refractivity contribution in [2.75, 3.05) is 32.9 Å². The smallest absolute Gasteiger partial charge is 0.150 e. The normalized spacial score (nSPS) is 17.7. The van der Waals surface area contributed by atoms with Crippen LogP contribution in [-0.2, 0) is 0 Å². The molecule has 2 heterocycles. The van der Waals surface area contributed by atoms with Crippen LogP contribution in [0.2, 0.25) is 0 Å². The third-order valence-corrected chi connectivity index (χ3v) is 6.78. The lowest BCUT2D eigenvalue weighted by Gasteiger charge is -2.37. The molecule has 1 N–H and O–H groups in total. The maximum absolute atomic E-state index is 15.2. The monoisotopic (exact) mass is 488 g/mol. The van der Waals surface area contributed by atoms with Crippen LogP contribution in [-0.4, -0.2) is 42.9 Å². The van der Waals surface area contributed by atoms with Crippen molar-refractivity contribution in [1.82, 2.24) is 4.90 Å². The van der Waals surface area contributed by atoms with E-state index in [4.69, 9.17) is 14.7 Å². The highest BCUT2D eigenvalue weighted by Gasteiger charge is 2.31. The summed E-state index contributed by atoms with van der Waals surface area (Å²) in [6, 6.07) is 18.7. The molecule has 0 saturated carbocycles. The van der Waals surface area contributed by atoms with Crippen LogP contribution in [0.25, 0.3) is 11.1 Å². The third-order valence-electron chi connectivity index (χ3n) is 6.78. The fraction of sp³-hybridized carbons (Fsp3) is 0.276. The largest absolute Gasteiger partial charge is 0.508 e. The second-order valence-corrected chi connectivity index (χ2v) is 9.22. The summed E-state index contributed by atoms with van der Waals surface area (Å²) in [5, 5.41) is 19.2. The summed E-state index contributed by atoms with van der Waals surface area (Å²) in [6.45, 7) is 4.42. The molecule has 2 aliphatic heterocycles. The molecule has 0 amide bonds. The Kier molecular flexibility index (Phi) is 6.62. The van der Waals surface area contributed by atoms with Gasteiger partial charge in [0, 0.05) is 42.3 Å². The second-order valence-electron chi connectivity index (χ2n) is 9.22. The van der Waals surface area contributed by atoms with E-state index in [1.54, 1.807) is 30.3 Å². The Morgan fingerprint density at radius 2 is 1.86 bits per heavy atom. The van der Waals surface area contributed by atoms with E-state index < -0.39 is 11.9 Å². The fourth-order valence-electron chi connectivity index (χ4n) is 4.81. The molecule has 0 aromatic heterocycles. The maximum atomic E-state index is 15.2. The molecule has 0 radical (unpaired) electrons. The summed E-state index contributed by atoms with van der Waals surface area (Å²) < 4.78 is 39.9. The summed E-state index contributed by atoms with van der Waals surface area (Å²) in [5.74, 6) is 1.03. The van der Waals surface area contributed by atoms with Crippen LogP contribution in [0.1, 0.15) is 35.3 Å². The van der Waals surface area contributed by atoms with Gasteiger partial charge in [-0.05, 0) is 60.5 Å². The van der Waals surface area contributed by atoms with Crippen molar-refractivity contribution in [3.8, 4) is 23.3 Å². The van der Waals surface area contributed by atoms with Crippen molar-refractivity contribution < 1.29 is 23.4 Å². The molecule has 0 bridgehead atoms. The number of halogens is 2. The summed E-state index contributed by atoms with van der Waals surface area (Å²) in [4.78, 5) is 2.16. The van der Waals surface area contributed by atoms with Gasteiger partial charge in [-0.15, -0.1) is 0 Å². The van der Waals surface area contributed by atoms with Crippen molar-refractivity contribution in [3.05, 3.63) is 88.7 Å². The van der Waals surface area contributed by atoms with Gasteiger partial charge >= 0.3 is 0 Å². The van der Waals surface area contributed by atoms with Gasteiger partial charge in [-0.3, -0.25) is 9.29 Å². The Hall–Kier alpha value is -3.89. The first-order valence-corrected chi connectivity index (χ1v) is 11.9. The Morgan fingerprint density at radius 3 is 2.56 bits per heavy atom. The van der Waals surface area contributed by atoms with E-state index in [9.17, 15) is 9.50 Å². The number of fused-ring (bicyclic) bond motifs is 1. The molecule has 0 aliphatic carbocycles. The number of ether oxygens (including phenoxy) is 2. The molecule has 3 aromatic carbocycles. The van der Waals surface area contributed by atoms with Gasteiger partial charge in [0.2, 0.25) is 0 Å². The van der Waals surface area contributed by atoms with Crippen LogP contribution in [0.5, 0.6) is 17.2 Å². The molecule has 0 unspecified atom stereocenters. The summed E-state index contributed by atoms with van der Waals surface area (Å²) in [7, 11) is 0. The van der Waals surface area contributed by atoms with E-state index in [-0.39, 0.29) is 23.9 Å². The SMILES string of the molecule is CC1=C(c2ccc(C#N)cc2F)[C@@H](c2ccc(OCCN3CC(CF)C3)cc2)Oc2ccc(O)cc21. The minimum Gasteiger partial charge on any atom is -0.508 e. The Bertz CT molecular complexity index is 1340. The predicted molar refractivity (Wildman–Crippen MR) is 133 cm³/mol. The van der Waals surface area contributed by atoms with Gasteiger partial charge in [-0.2, -0.15) is 5.26 Å². The summed E-state index contributed by atoms with van der Waals surface area (Å²) in [5.41, 5.74) is 3.48. The molecule has 184 valence electrons. The molecule has 7 heteroatoms. The van der Waals surface area contributed by atoms with Crippen molar-refractivity contribution >= 4 is 11.1 Å². The molecular weight excluding hydrogens is 462 g/mol. The average Bonchev–Trinajstić information content (AvgIpc) is 2.86. The van der Waals surface area contributed by atoms with Crippen LogP contribution < -0.4 is 9.47 Å². The lowest BCUT2D eigenvalue weighted by atomic mass is 9.85. The zero-order valence-electron chi connectivity index (χ0n) is 19.9. The Morgan fingerprint density at radius 1 is 1.08 bits per heavy atom. The zero-order valence-corrected chi connectivity index (χ0v) is 19.9. The summed E-state index contributed by atoms with van der Waals surface area (Å²) >= 11 is 0. The number of hydrogen-bond acceptors (Lipinski definition) is 5. The van der Waals surface area contributed by atoms with Gasteiger partial charge in [0.25, 0.3) is 0 Å². The Labute approximate surface area is 208 Å². The maximum Gasteiger partial charge on any atom is 0.150 e. The van der Waals surface area contributed by atoms with Crippen LogP contribution in [0.4, 0.5) is 8.78 Å². The second kappa shape index (κ2) is 10.00. The van der Waals surface area contributed by atoms with Gasteiger partial charge in [0.05, 0.1) is 18.3 Å². The van der Waals surface area contributed by atoms with E-state index in [0.717, 1.165) is 30.8 Å². The highest BCUT2D eigenvalue weighted by Crippen LogP contribution is 2.48. The van der Waals surface area contributed by atoms with E-state index in [0.29, 0.717) is 34.8 Å². The molecule has 1 atom stereocenters. The highest BCUT2D eigenvalue weighted by atomic mass is 19.1. The van der Waals surface area contributed by atoms with E-state index >= 15 is 4.39 Å². The zero-order chi connectivity index (χ0) is 25.2. The van der Waals surface area contributed by atoms with E-state index in [1.807, 2.05) is 37.3 Å². The number of nitrogens with zero attached hydrogens (tertiary/aromatic N) is 2. The van der Waals surface area contributed by atoms with Gasteiger partial charge < -0.3 is 14.6 Å². The molecule has 0 spiro atoms. The number of phenolic OH excluding ortho intramolecular Hbond substituents is 1. The molecule has 5 rings (SSSR count). The molecule has 36 heavy (non-hydrogen) atoms. The quantitative estimate of drug-likeness (QED) is 0.459. The van der Waals surface area contributed by atoms with Crippen LogP contribution >= 0.6 is 0 Å². The van der Waals surface area contributed by atoms with Crippen molar-refractivity contribution in [1.29, 1.82) is 5.26 Å². The van der Waals surface area contributed by atoms with Crippen LogP contribution in [0.3, 0.4) is 0 Å².